The molecule has 3 heterocycles. The number of rotatable bonds is 3. The van der Waals surface area contributed by atoms with E-state index in [1.54, 1.807) is 22.7 Å². The Labute approximate surface area is 121 Å². The Hall–Kier alpha value is -1.38. The molecule has 0 saturated carbocycles. The Morgan fingerprint density at radius 1 is 1.50 bits per heavy atom. The first-order valence-corrected chi connectivity index (χ1v) is 8.66. The zero-order valence-corrected chi connectivity index (χ0v) is 12.7. The predicted molar refractivity (Wildman–Crippen MR) is 77.8 cm³/mol. The molecule has 0 radical (unpaired) electrons. The number of imidazole rings is 1. The number of nitrogen functional groups attached to an aromatic ring is 1. The summed E-state index contributed by atoms with van der Waals surface area (Å²) in [6.07, 6.45) is 3.13. The molecule has 1 fully saturated rings. The van der Waals surface area contributed by atoms with E-state index >= 15 is 0 Å². The van der Waals surface area contributed by atoms with Gasteiger partial charge in [-0.1, -0.05) is 6.07 Å². The zero-order valence-electron chi connectivity index (χ0n) is 11.1. The molecule has 1 saturated heterocycles. The standard InChI is InChI=1S/C12H16N4O2S2/c1-15-8-14-11(13)12(15)20(17,18)16-6-2-4-9(16)10-5-3-7-19-10/h3,5,7-9H,2,4,6,13H2,1H3. The minimum atomic E-state index is -3.62. The molecule has 6 nitrogen and oxygen atoms in total. The fraction of sp³-hybridized carbons (Fsp3) is 0.417. The molecule has 1 aliphatic heterocycles. The van der Waals surface area contributed by atoms with Crippen LogP contribution in [0.3, 0.4) is 0 Å². The molecule has 0 amide bonds. The fourth-order valence-corrected chi connectivity index (χ4v) is 5.47. The Kier molecular flexibility index (Phi) is 3.31. The normalized spacial score (nSPS) is 20.6. The van der Waals surface area contributed by atoms with Crippen LogP contribution in [-0.2, 0) is 17.1 Å². The first-order chi connectivity index (χ1) is 9.51. The van der Waals surface area contributed by atoms with Crippen molar-refractivity contribution in [3.8, 4) is 0 Å². The summed E-state index contributed by atoms with van der Waals surface area (Å²) in [6, 6.07) is 3.84. The minimum absolute atomic E-state index is 0.0596. The molecule has 2 aromatic rings. The quantitative estimate of drug-likeness (QED) is 0.933. The number of aryl methyl sites for hydroxylation is 1. The SMILES string of the molecule is Cn1cnc(N)c1S(=O)(=O)N1CCCC1c1cccs1. The van der Waals surface area contributed by atoms with Gasteiger partial charge in [-0.3, -0.25) is 0 Å². The zero-order chi connectivity index (χ0) is 14.3. The van der Waals surface area contributed by atoms with E-state index in [2.05, 4.69) is 4.98 Å². The molecule has 20 heavy (non-hydrogen) atoms. The van der Waals surface area contributed by atoms with Crippen molar-refractivity contribution in [2.45, 2.75) is 23.9 Å². The van der Waals surface area contributed by atoms with E-state index in [4.69, 9.17) is 5.73 Å². The molecule has 3 rings (SSSR count). The van der Waals surface area contributed by atoms with E-state index < -0.39 is 10.0 Å². The van der Waals surface area contributed by atoms with E-state index in [-0.39, 0.29) is 16.9 Å². The highest BCUT2D eigenvalue weighted by atomic mass is 32.2. The number of hydrogen-bond acceptors (Lipinski definition) is 5. The van der Waals surface area contributed by atoms with Gasteiger partial charge in [-0.25, -0.2) is 13.4 Å². The van der Waals surface area contributed by atoms with Gasteiger partial charge in [0, 0.05) is 18.5 Å². The van der Waals surface area contributed by atoms with Gasteiger partial charge in [-0.15, -0.1) is 11.3 Å². The lowest BCUT2D eigenvalue weighted by molar-refractivity contribution is 0.397. The molecule has 8 heteroatoms. The number of nitrogens with two attached hydrogens (primary N) is 1. The molecule has 2 N–H and O–H groups in total. The maximum Gasteiger partial charge on any atom is 0.263 e. The lowest BCUT2D eigenvalue weighted by atomic mass is 10.2. The van der Waals surface area contributed by atoms with Gasteiger partial charge in [-0.2, -0.15) is 4.31 Å². The van der Waals surface area contributed by atoms with Crippen molar-refractivity contribution in [2.75, 3.05) is 12.3 Å². The maximum absolute atomic E-state index is 12.8. The molecular formula is C12H16N4O2S2. The van der Waals surface area contributed by atoms with Gasteiger partial charge in [0.15, 0.2) is 10.8 Å². The minimum Gasteiger partial charge on any atom is -0.381 e. The summed E-state index contributed by atoms with van der Waals surface area (Å²) in [4.78, 5) is 4.95. The summed E-state index contributed by atoms with van der Waals surface area (Å²) in [5.74, 6) is 0.0596. The molecule has 0 aromatic carbocycles. The van der Waals surface area contributed by atoms with Gasteiger partial charge < -0.3 is 10.3 Å². The van der Waals surface area contributed by atoms with Crippen LogP contribution in [-0.4, -0.2) is 28.8 Å². The lowest BCUT2D eigenvalue weighted by Gasteiger charge is -2.23. The molecule has 1 unspecified atom stereocenters. The summed E-state index contributed by atoms with van der Waals surface area (Å²) < 4.78 is 28.7. The van der Waals surface area contributed by atoms with Crippen LogP contribution in [0.2, 0.25) is 0 Å². The summed E-state index contributed by atoms with van der Waals surface area (Å²) >= 11 is 1.59. The highest BCUT2D eigenvalue weighted by molar-refractivity contribution is 7.89. The van der Waals surface area contributed by atoms with Gasteiger partial charge in [0.25, 0.3) is 10.0 Å². The molecule has 0 spiro atoms. The summed E-state index contributed by atoms with van der Waals surface area (Å²) in [5, 5.41) is 2.05. The van der Waals surface area contributed by atoms with E-state index in [1.807, 2.05) is 17.5 Å². The van der Waals surface area contributed by atoms with Gasteiger partial charge in [-0.05, 0) is 24.3 Å². The maximum atomic E-state index is 12.8. The van der Waals surface area contributed by atoms with Crippen molar-refractivity contribution in [1.29, 1.82) is 0 Å². The van der Waals surface area contributed by atoms with Crippen molar-refractivity contribution in [1.82, 2.24) is 13.9 Å². The largest absolute Gasteiger partial charge is 0.381 e. The van der Waals surface area contributed by atoms with Crippen molar-refractivity contribution in [3.05, 3.63) is 28.7 Å². The summed E-state index contributed by atoms with van der Waals surface area (Å²) in [6.45, 7) is 0.523. The van der Waals surface area contributed by atoms with Gasteiger partial charge in [0.2, 0.25) is 0 Å². The number of nitrogens with zero attached hydrogens (tertiary/aromatic N) is 3. The van der Waals surface area contributed by atoms with Crippen molar-refractivity contribution >= 4 is 27.2 Å². The summed E-state index contributed by atoms with van der Waals surface area (Å²) in [7, 11) is -1.97. The van der Waals surface area contributed by atoms with Crippen LogP contribution < -0.4 is 5.73 Å². The number of anilines is 1. The van der Waals surface area contributed by atoms with E-state index in [0.717, 1.165) is 17.7 Å². The van der Waals surface area contributed by atoms with Gasteiger partial charge in [0.05, 0.1) is 12.4 Å². The second kappa shape index (κ2) is 4.87. The highest BCUT2D eigenvalue weighted by Crippen LogP contribution is 2.38. The third-order valence-electron chi connectivity index (χ3n) is 3.54. The van der Waals surface area contributed by atoms with Crippen molar-refractivity contribution in [3.63, 3.8) is 0 Å². The van der Waals surface area contributed by atoms with Crippen LogP contribution >= 0.6 is 11.3 Å². The average Bonchev–Trinajstić information content (AvgIpc) is 3.08. The number of aromatic nitrogens is 2. The number of thiophene rings is 1. The van der Waals surface area contributed by atoms with Crippen LogP contribution in [0.15, 0.2) is 28.9 Å². The molecule has 0 bridgehead atoms. The lowest BCUT2D eigenvalue weighted by Crippen LogP contribution is -2.32. The first kappa shape index (κ1) is 13.6. The highest BCUT2D eigenvalue weighted by Gasteiger charge is 2.39. The van der Waals surface area contributed by atoms with Crippen LogP contribution in [0.5, 0.6) is 0 Å². The van der Waals surface area contributed by atoms with E-state index in [1.165, 1.54) is 10.9 Å². The topological polar surface area (TPSA) is 81.2 Å². The molecule has 108 valence electrons. The molecule has 1 aliphatic rings. The van der Waals surface area contributed by atoms with Crippen molar-refractivity contribution in [2.24, 2.45) is 7.05 Å². The van der Waals surface area contributed by atoms with Gasteiger partial charge >= 0.3 is 0 Å². The summed E-state index contributed by atoms with van der Waals surface area (Å²) in [5.41, 5.74) is 5.72. The smallest absolute Gasteiger partial charge is 0.263 e. The molecule has 0 aliphatic carbocycles. The Morgan fingerprint density at radius 3 is 2.90 bits per heavy atom. The monoisotopic (exact) mass is 312 g/mol. The van der Waals surface area contributed by atoms with Crippen LogP contribution in [0, 0.1) is 0 Å². The first-order valence-electron chi connectivity index (χ1n) is 6.34. The fourth-order valence-electron chi connectivity index (χ4n) is 2.66. The van der Waals surface area contributed by atoms with Crippen LogP contribution in [0.4, 0.5) is 5.82 Å². The second-order valence-electron chi connectivity index (χ2n) is 4.84. The third kappa shape index (κ3) is 2.04. The third-order valence-corrected chi connectivity index (χ3v) is 6.55. The van der Waals surface area contributed by atoms with Crippen molar-refractivity contribution < 1.29 is 8.42 Å². The average molecular weight is 312 g/mol. The van der Waals surface area contributed by atoms with E-state index in [9.17, 15) is 8.42 Å². The molecular weight excluding hydrogens is 296 g/mol. The van der Waals surface area contributed by atoms with Crippen LogP contribution in [0.25, 0.3) is 0 Å². The van der Waals surface area contributed by atoms with Crippen LogP contribution in [0.1, 0.15) is 23.8 Å². The molecule has 1 atom stereocenters. The Bertz CT molecular complexity index is 686. The number of sulfonamides is 1. The van der Waals surface area contributed by atoms with E-state index in [0.29, 0.717) is 6.54 Å². The Balaban J connectivity index is 2.03. The second-order valence-corrected chi connectivity index (χ2v) is 7.62. The number of hydrogen-bond donors (Lipinski definition) is 1. The Morgan fingerprint density at radius 2 is 2.30 bits per heavy atom. The molecule has 2 aromatic heterocycles. The van der Waals surface area contributed by atoms with Gasteiger partial charge in [0.1, 0.15) is 0 Å². The predicted octanol–water partition coefficient (Wildman–Crippen LogP) is 1.59.